The molecule has 0 radical (unpaired) electrons. The third-order valence-corrected chi connectivity index (χ3v) is 10.8. The molecule has 1 aromatic carbocycles. The monoisotopic (exact) mass is 783 g/mol. The predicted molar refractivity (Wildman–Crippen MR) is 218 cm³/mol. The van der Waals surface area contributed by atoms with Gasteiger partial charge in [-0.25, -0.2) is 4.21 Å². The van der Waals surface area contributed by atoms with Crippen molar-refractivity contribution in [2.24, 2.45) is 23.5 Å². The van der Waals surface area contributed by atoms with Gasteiger partial charge >= 0.3 is 0 Å². The quantitative estimate of drug-likeness (QED) is 0.185. The Labute approximate surface area is 329 Å². The van der Waals surface area contributed by atoms with Crippen LogP contribution in [0.25, 0.3) is 0 Å². The zero-order chi connectivity index (χ0) is 41.7. The fourth-order valence-electron chi connectivity index (χ4n) is 6.84. The second kappa shape index (κ2) is 26.8. The maximum atomic E-state index is 13.9. The number of amides is 4. The Kier molecular flexibility index (Phi) is 25.4. The van der Waals surface area contributed by atoms with Crippen LogP contribution in [0.15, 0.2) is 29.2 Å². The van der Waals surface area contributed by atoms with E-state index in [9.17, 15) is 23.4 Å². The van der Waals surface area contributed by atoms with Crippen LogP contribution < -0.4 is 15.8 Å². The lowest BCUT2D eigenvalue weighted by molar-refractivity contribution is -0.145. The maximum absolute atomic E-state index is 13.9. The largest absolute Gasteiger partial charge is 0.379 e. The number of carbonyl (C=O) groups is 4. The third-order valence-electron chi connectivity index (χ3n) is 9.74. The van der Waals surface area contributed by atoms with Crippen molar-refractivity contribution >= 4 is 34.6 Å². The fraction of sp³-hybridized carbons (Fsp3) is 0.750. The molecule has 0 bridgehead atoms. The van der Waals surface area contributed by atoms with Crippen LogP contribution in [0.5, 0.6) is 0 Å². The number of nitrogens with one attached hydrogen (secondary N) is 2. The second-order valence-electron chi connectivity index (χ2n) is 14.3. The third kappa shape index (κ3) is 15.3. The summed E-state index contributed by atoms with van der Waals surface area (Å²) in [6, 6.07) is 5.68. The van der Waals surface area contributed by atoms with Gasteiger partial charge in [0.2, 0.25) is 23.6 Å². The normalized spacial score (nSPS) is 17.8. The van der Waals surface area contributed by atoms with E-state index in [0.29, 0.717) is 24.4 Å². The summed E-state index contributed by atoms with van der Waals surface area (Å²) in [7, 11) is 6.62. The number of rotatable bonds is 19. The van der Waals surface area contributed by atoms with Crippen LogP contribution >= 0.6 is 0 Å². The van der Waals surface area contributed by atoms with E-state index in [1.165, 1.54) is 20.6 Å². The zero-order valence-corrected chi connectivity index (χ0v) is 36.6. The summed E-state index contributed by atoms with van der Waals surface area (Å²) in [5.41, 5.74) is 6.54. The minimum Gasteiger partial charge on any atom is -0.379 e. The average Bonchev–Trinajstić information content (AvgIpc) is 3.64. The molecular formula is C40H74N6O7S. The van der Waals surface area contributed by atoms with Gasteiger partial charge in [-0.2, -0.15) is 0 Å². The number of methoxy groups -OCH3 is 2. The molecule has 2 rings (SSSR count). The molecule has 312 valence electrons. The molecule has 14 heteroatoms. The Morgan fingerprint density at radius 2 is 1.54 bits per heavy atom. The molecule has 0 spiro atoms. The summed E-state index contributed by atoms with van der Waals surface area (Å²) in [4.78, 5) is 59.1. The van der Waals surface area contributed by atoms with Crippen molar-refractivity contribution in [2.45, 2.75) is 136 Å². The van der Waals surface area contributed by atoms with Crippen LogP contribution in [0.1, 0.15) is 100.0 Å². The highest BCUT2D eigenvalue weighted by atomic mass is 32.2. The van der Waals surface area contributed by atoms with E-state index in [-0.39, 0.29) is 54.6 Å². The maximum Gasteiger partial charge on any atom is 0.242 e. The summed E-state index contributed by atoms with van der Waals surface area (Å²) in [5, 5.41) is 2.79. The number of likely N-dealkylation sites (tertiary alicyclic amines) is 1. The van der Waals surface area contributed by atoms with Gasteiger partial charge in [0.25, 0.3) is 0 Å². The Morgan fingerprint density at radius 1 is 0.963 bits per heavy atom. The van der Waals surface area contributed by atoms with Gasteiger partial charge in [-0.05, 0) is 56.5 Å². The van der Waals surface area contributed by atoms with Gasteiger partial charge < -0.3 is 30.3 Å². The molecule has 1 saturated heterocycles. The fourth-order valence-corrected chi connectivity index (χ4v) is 7.71. The number of hydrogen-bond donors (Lipinski definition) is 3. The Balaban J connectivity index is 0.00000533. The van der Waals surface area contributed by atoms with Gasteiger partial charge in [-0.1, -0.05) is 87.3 Å². The highest BCUT2D eigenvalue weighted by Crippen LogP contribution is 2.29. The van der Waals surface area contributed by atoms with Crippen molar-refractivity contribution < 1.29 is 32.9 Å². The number of nitrogens with two attached hydrogens (primary N) is 1. The minimum absolute atomic E-state index is 0.00946. The molecule has 4 amide bonds. The molecular weight excluding hydrogens is 709 g/mol. The number of carbonyl (C=O) groups excluding carboxylic acids is 4. The molecule has 0 aromatic heterocycles. The summed E-state index contributed by atoms with van der Waals surface area (Å²) < 4.78 is 27.2. The van der Waals surface area contributed by atoms with Crippen LogP contribution in [-0.4, -0.2) is 121 Å². The highest BCUT2D eigenvalue weighted by Gasteiger charge is 2.42. The molecule has 0 aliphatic carbocycles. The zero-order valence-electron chi connectivity index (χ0n) is 35.8. The first-order valence-corrected chi connectivity index (χ1v) is 20.8. The van der Waals surface area contributed by atoms with Crippen molar-refractivity contribution in [1.29, 1.82) is 0 Å². The van der Waals surface area contributed by atoms with E-state index >= 15 is 0 Å². The second-order valence-corrected chi connectivity index (χ2v) is 15.5. The summed E-state index contributed by atoms with van der Waals surface area (Å²) in [6.45, 7) is 18.6. The van der Waals surface area contributed by atoms with E-state index in [1.807, 2.05) is 60.5 Å². The van der Waals surface area contributed by atoms with E-state index in [4.69, 9.17) is 15.2 Å². The van der Waals surface area contributed by atoms with E-state index in [0.717, 1.165) is 18.4 Å². The van der Waals surface area contributed by atoms with Crippen LogP contribution in [0, 0.1) is 17.8 Å². The van der Waals surface area contributed by atoms with E-state index in [2.05, 4.69) is 23.9 Å². The number of ether oxygens (including phenoxy) is 2. The van der Waals surface area contributed by atoms with Gasteiger partial charge in [0.1, 0.15) is 0 Å². The molecule has 1 aliphatic rings. The first-order chi connectivity index (χ1) is 25.5. The molecule has 8 atom stereocenters. The van der Waals surface area contributed by atoms with Crippen LogP contribution in [0.3, 0.4) is 0 Å². The lowest BCUT2D eigenvalue weighted by atomic mass is 9.90. The molecule has 1 fully saturated rings. The minimum atomic E-state index is -1.77. The molecule has 1 heterocycles. The van der Waals surface area contributed by atoms with Gasteiger partial charge in [-0.15, -0.1) is 0 Å². The van der Waals surface area contributed by atoms with Crippen LogP contribution in [0.4, 0.5) is 0 Å². The van der Waals surface area contributed by atoms with Crippen molar-refractivity contribution in [3.8, 4) is 0 Å². The summed E-state index contributed by atoms with van der Waals surface area (Å²) >= 11 is 0. The number of hydrogen-bond acceptors (Lipinski definition) is 9. The molecule has 13 nitrogen and oxygen atoms in total. The van der Waals surface area contributed by atoms with Crippen molar-refractivity contribution in [3.05, 3.63) is 29.8 Å². The topological polar surface area (TPSA) is 164 Å². The van der Waals surface area contributed by atoms with E-state index < -0.39 is 41.1 Å². The summed E-state index contributed by atoms with van der Waals surface area (Å²) in [5.74, 6) is -1.76. The predicted octanol–water partition coefficient (Wildman–Crippen LogP) is 4.35. The first kappa shape index (κ1) is 51.1. The first-order valence-electron chi connectivity index (χ1n) is 19.6. The number of benzene rings is 1. The van der Waals surface area contributed by atoms with Crippen molar-refractivity contribution in [2.75, 3.05) is 48.5 Å². The standard InChI is InChI=1S/C35H60N6O7S.C3H8.C2H6/c1-11-23(4)32(40(8)30(43)21-37-35(45)31(22(2)3)39(6)7)28(47-9)19-29(42)41-18-12-13-27(41)33(48-10)24(5)34(44)38-49(46)26-16-14-25(20-36)15-17-26;1-3-2;1-2/h14-17,22-24,27-28,31-33H,11-13,18-21,36H2,1-10H3,(H,37,45)(H,38,44);3H2,1-2H3;1-2H3. The molecule has 0 saturated carbocycles. The van der Waals surface area contributed by atoms with Gasteiger partial charge in [0.05, 0.1) is 54.1 Å². The summed E-state index contributed by atoms with van der Waals surface area (Å²) in [6.07, 6.45) is 2.12. The molecule has 8 unspecified atom stereocenters. The van der Waals surface area contributed by atoms with E-state index in [1.54, 1.807) is 48.0 Å². The van der Waals surface area contributed by atoms with Gasteiger partial charge in [0, 0.05) is 34.4 Å². The van der Waals surface area contributed by atoms with Crippen molar-refractivity contribution in [3.63, 3.8) is 0 Å². The van der Waals surface area contributed by atoms with Crippen molar-refractivity contribution in [1.82, 2.24) is 24.7 Å². The average molecular weight is 783 g/mol. The Hall–Kier alpha value is -2.91. The molecule has 54 heavy (non-hydrogen) atoms. The molecule has 1 aliphatic heterocycles. The smallest absolute Gasteiger partial charge is 0.242 e. The SMILES string of the molecule is CC.CCC.CCC(C)C(C(CC(=O)N1CCCC1C(OC)C(C)C(=O)NS(=O)c1ccc(CN)cc1)OC)N(C)C(=O)CNC(=O)C(C(C)C)N(C)C. The lowest BCUT2D eigenvalue weighted by Gasteiger charge is -2.39. The molecule has 1 aromatic rings. The van der Waals surface area contributed by atoms with Gasteiger partial charge in [0.15, 0.2) is 11.0 Å². The lowest BCUT2D eigenvalue weighted by Crippen LogP contribution is -2.55. The Bertz CT molecular complexity index is 1270. The number of likely N-dealkylation sites (N-methyl/N-ethyl adjacent to an activating group) is 2. The van der Waals surface area contributed by atoms with Crippen LogP contribution in [-0.2, 0) is 46.2 Å². The van der Waals surface area contributed by atoms with Gasteiger partial charge in [-0.3, -0.25) is 28.8 Å². The Morgan fingerprint density at radius 3 is 2.00 bits per heavy atom. The highest BCUT2D eigenvalue weighted by molar-refractivity contribution is 7.83. The number of nitrogens with zero attached hydrogens (tertiary/aromatic N) is 3. The van der Waals surface area contributed by atoms with Crippen LogP contribution in [0.2, 0.25) is 0 Å². The molecule has 4 N–H and O–H groups in total.